The molecule has 0 unspecified atom stereocenters. The molecule has 34 heavy (non-hydrogen) atoms. The molecule has 3 aromatic rings. The number of carbonyl (C=O) groups excluding carboxylic acids is 2. The first-order valence-corrected chi connectivity index (χ1v) is 11.7. The van der Waals surface area contributed by atoms with Crippen LogP contribution in [0.1, 0.15) is 49.3 Å². The molecule has 4 rings (SSSR count). The molecule has 1 aliphatic rings. The average Bonchev–Trinajstić information content (AvgIpc) is 3.38. The fourth-order valence-corrected chi connectivity index (χ4v) is 4.62. The van der Waals surface area contributed by atoms with Crippen molar-refractivity contribution < 1.29 is 19.8 Å². The minimum Gasteiger partial charge on any atom is -0.382 e. The standard InChI is InChI=1S/C28H30N2O4/c1-19(20-9-11-21(12-10-20)22-13-15-29-16-14-22)18-25(31)26(32)27(33)28(34)30-17-5-8-24(30)23-6-3-2-4-7-23/h2-4,6-7,9-16,19,24,26-27,32-33H,5,8,17-18H2,1H3/t19-,24+,26-,27+/m0/s1. The van der Waals surface area contributed by atoms with Gasteiger partial charge in [0, 0.05) is 25.4 Å². The van der Waals surface area contributed by atoms with Crippen LogP contribution in [0.2, 0.25) is 0 Å². The average molecular weight is 459 g/mol. The molecule has 6 heteroatoms. The second-order valence-corrected chi connectivity index (χ2v) is 8.92. The van der Waals surface area contributed by atoms with Gasteiger partial charge in [-0.3, -0.25) is 14.6 Å². The molecule has 2 N–H and O–H groups in total. The molecule has 0 spiro atoms. The Bertz CT molecular complexity index is 1100. The number of carbonyl (C=O) groups is 2. The monoisotopic (exact) mass is 458 g/mol. The normalized spacial score (nSPS) is 18.3. The SMILES string of the molecule is C[C@@H](CC(=O)[C@H](O)[C@@H](O)C(=O)N1CCC[C@@H]1c1ccccc1)c1ccc(-c2ccncc2)cc1. The number of likely N-dealkylation sites (tertiary alicyclic amines) is 1. The van der Waals surface area contributed by atoms with Crippen molar-refractivity contribution in [1.82, 2.24) is 9.88 Å². The van der Waals surface area contributed by atoms with Crippen molar-refractivity contribution in [1.29, 1.82) is 0 Å². The first kappa shape index (κ1) is 23.8. The number of benzene rings is 2. The number of hydrogen-bond donors (Lipinski definition) is 2. The number of Topliss-reactive ketones (excluding diaryl/α,β-unsaturated/α-hetero) is 1. The summed E-state index contributed by atoms with van der Waals surface area (Å²) >= 11 is 0. The summed E-state index contributed by atoms with van der Waals surface area (Å²) in [7, 11) is 0. The highest BCUT2D eigenvalue weighted by Crippen LogP contribution is 2.32. The summed E-state index contributed by atoms with van der Waals surface area (Å²) in [6.45, 7) is 2.39. The molecule has 0 bridgehead atoms. The lowest BCUT2D eigenvalue weighted by Crippen LogP contribution is -2.47. The zero-order valence-corrected chi connectivity index (χ0v) is 19.2. The molecule has 0 aliphatic carbocycles. The van der Waals surface area contributed by atoms with Gasteiger partial charge in [-0.2, -0.15) is 0 Å². The molecule has 1 amide bonds. The molecular weight excluding hydrogens is 428 g/mol. The first-order chi connectivity index (χ1) is 16.5. The van der Waals surface area contributed by atoms with Gasteiger partial charge in [-0.05, 0) is 53.1 Å². The van der Waals surface area contributed by atoms with Gasteiger partial charge in [-0.15, -0.1) is 0 Å². The Hall–Kier alpha value is -3.35. The third-order valence-electron chi connectivity index (χ3n) is 6.60. The Labute approximate surface area is 199 Å². The van der Waals surface area contributed by atoms with E-state index in [0.29, 0.717) is 6.54 Å². The number of aliphatic hydroxyl groups excluding tert-OH is 2. The van der Waals surface area contributed by atoms with Crippen molar-refractivity contribution in [3.63, 3.8) is 0 Å². The highest BCUT2D eigenvalue weighted by Gasteiger charge is 2.38. The van der Waals surface area contributed by atoms with E-state index < -0.39 is 23.9 Å². The lowest BCUT2D eigenvalue weighted by Gasteiger charge is -2.29. The van der Waals surface area contributed by atoms with E-state index in [2.05, 4.69) is 4.98 Å². The van der Waals surface area contributed by atoms with Crippen LogP contribution < -0.4 is 0 Å². The summed E-state index contributed by atoms with van der Waals surface area (Å²) in [4.78, 5) is 31.3. The minimum absolute atomic E-state index is 0.0300. The predicted molar refractivity (Wildman–Crippen MR) is 130 cm³/mol. The van der Waals surface area contributed by atoms with Crippen LogP contribution in [-0.2, 0) is 9.59 Å². The summed E-state index contributed by atoms with van der Waals surface area (Å²) in [6, 6.07) is 21.2. The van der Waals surface area contributed by atoms with Crippen molar-refractivity contribution >= 4 is 11.7 Å². The van der Waals surface area contributed by atoms with E-state index in [4.69, 9.17) is 0 Å². The summed E-state index contributed by atoms with van der Waals surface area (Å²) < 4.78 is 0. The number of aliphatic hydroxyl groups is 2. The van der Waals surface area contributed by atoms with Gasteiger partial charge in [0.1, 0.15) is 6.10 Å². The number of rotatable bonds is 8. The van der Waals surface area contributed by atoms with Gasteiger partial charge < -0.3 is 15.1 Å². The maximum Gasteiger partial charge on any atom is 0.255 e. The molecule has 0 saturated carbocycles. The summed E-state index contributed by atoms with van der Waals surface area (Å²) in [5.74, 6) is -1.30. The largest absolute Gasteiger partial charge is 0.382 e. The van der Waals surface area contributed by atoms with Gasteiger partial charge in [-0.25, -0.2) is 0 Å². The first-order valence-electron chi connectivity index (χ1n) is 11.7. The zero-order valence-electron chi connectivity index (χ0n) is 19.2. The Kier molecular flexibility index (Phi) is 7.50. The number of pyridine rings is 1. The topological polar surface area (TPSA) is 90.7 Å². The maximum atomic E-state index is 13.0. The second kappa shape index (κ2) is 10.7. The second-order valence-electron chi connectivity index (χ2n) is 8.92. The van der Waals surface area contributed by atoms with Gasteiger partial charge in [-0.1, -0.05) is 61.5 Å². The molecule has 1 fully saturated rings. The smallest absolute Gasteiger partial charge is 0.255 e. The lowest BCUT2D eigenvalue weighted by atomic mass is 9.91. The van der Waals surface area contributed by atoms with E-state index in [1.807, 2.05) is 73.7 Å². The Morgan fingerprint density at radius 1 is 0.941 bits per heavy atom. The van der Waals surface area contributed by atoms with Crippen LogP contribution >= 0.6 is 0 Å². The van der Waals surface area contributed by atoms with Crippen molar-refractivity contribution in [2.45, 2.75) is 50.4 Å². The molecule has 0 radical (unpaired) electrons. The van der Waals surface area contributed by atoms with E-state index in [-0.39, 0.29) is 18.4 Å². The van der Waals surface area contributed by atoms with Crippen molar-refractivity contribution in [3.8, 4) is 11.1 Å². The highest BCUT2D eigenvalue weighted by molar-refractivity contribution is 5.92. The quantitative estimate of drug-likeness (QED) is 0.534. The van der Waals surface area contributed by atoms with Crippen LogP contribution in [0.15, 0.2) is 79.1 Å². The maximum absolute atomic E-state index is 13.0. The van der Waals surface area contributed by atoms with Crippen LogP contribution in [0.4, 0.5) is 0 Å². The van der Waals surface area contributed by atoms with Crippen LogP contribution in [0, 0.1) is 0 Å². The van der Waals surface area contributed by atoms with Gasteiger partial charge in [0.25, 0.3) is 5.91 Å². The third kappa shape index (κ3) is 5.24. The number of hydrogen-bond acceptors (Lipinski definition) is 5. The predicted octanol–water partition coefficient (Wildman–Crippen LogP) is 3.90. The van der Waals surface area contributed by atoms with Crippen molar-refractivity contribution in [2.24, 2.45) is 0 Å². The van der Waals surface area contributed by atoms with Crippen LogP contribution in [-0.4, -0.2) is 50.5 Å². The molecule has 4 atom stereocenters. The van der Waals surface area contributed by atoms with Crippen molar-refractivity contribution in [2.75, 3.05) is 6.54 Å². The summed E-state index contributed by atoms with van der Waals surface area (Å²) in [5.41, 5.74) is 4.04. The number of ketones is 1. The van der Waals surface area contributed by atoms with Crippen LogP contribution in [0.25, 0.3) is 11.1 Å². The molecule has 176 valence electrons. The highest BCUT2D eigenvalue weighted by atomic mass is 16.3. The fourth-order valence-electron chi connectivity index (χ4n) is 4.62. The van der Waals surface area contributed by atoms with Gasteiger partial charge >= 0.3 is 0 Å². The van der Waals surface area contributed by atoms with E-state index in [1.165, 1.54) is 0 Å². The lowest BCUT2D eigenvalue weighted by molar-refractivity contribution is -0.153. The fraction of sp³-hybridized carbons (Fsp3) is 0.321. The molecule has 2 heterocycles. The number of nitrogens with zero attached hydrogens (tertiary/aromatic N) is 2. The Morgan fingerprint density at radius 2 is 1.59 bits per heavy atom. The van der Waals surface area contributed by atoms with E-state index in [0.717, 1.165) is 35.1 Å². The molecule has 2 aromatic carbocycles. The van der Waals surface area contributed by atoms with Crippen LogP contribution in [0.3, 0.4) is 0 Å². The number of amides is 1. The van der Waals surface area contributed by atoms with E-state index in [9.17, 15) is 19.8 Å². The molecule has 6 nitrogen and oxygen atoms in total. The summed E-state index contributed by atoms with van der Waals surface area (Å²) in [6.07, 6.45) is 1.60. The van der Waals surface area contributed by atoms with Gasteiger partial charge in [0.15, 0.2) is 11.9 Å². The van der Waals surface area contributed by atoms with Crippen LogP contribution in [0.5, 0.6) is 0 Å². The summed E-state index contributed by atoms with van der Waals surface area (Å²) in [5, 5.41) is 21.1. The minimum atomic E-state index is -1.77. The number of aromatic nitrogens is 1. The molecule has 1 aromatic heterocycles. The Balaban J connectivity index is 1.37. The Morgan fingerprint density at radius 3 is 2.26 bits per heavy atom. The molecular formula is C28H30N2O4. The van der Waals surface area contributed by atoms with E-state index in [1.54, 1.807) is 17.3 Å². The van der Waals surface area contributed by atoms with Gasteiger partial charge in [0.05, 0.1) is 6.04 Å². The van der Waals surface area contributed by atoms with E-state index >= 15 is 0 Å². The zero-order chi connectivity index (χ0) is 24.1. The molecule has 1 aliphatic heterocycles. The third-order valence-corrected chi connectivity index (χ3v) is 6.60. The molecule has 1 saturated heterocycles. The van der Waals surface area contributed by atoms with Crippen molar-refractivity contribution in [3.05, 3.63) is 90.3 Å². The van der Waals surface area contributed by atoms with Gasteiger partial charge in [0.2, 0.25) is 0 Å².